The van der Waals surface area contributed by atoms with Crippen molar-refractivity contribution in [1.82, 2.24) is 15.8 Å². The van der Waals surface area contributed by atoms with Gasteiger partial charge in [-0.15, -0.1) is 0 Å². The lowest BCUT2D eigenvalue weighted by Crippen LogP contribution is -2.47. The summed E-state index contributed by atoms with van der Waals surface area (Å²) in [5.41, 5.74) is 6.96. The largest absolute Gasteiger partial charge is 0.423 e. The Morgan fingerprint density at radius 3 is 2.46 bits per heavy atom. The van der Waals surface area contributed by atoms with E-state index < -0.39 is 0 Å². The number of carbonyl (C=O) groups excluding carboxylic acids is 2. The molecule has 2 N–H and O–H groups in total. The molecule has 0 unspecified atom stereocenters. The second kappa shape index (κ2) is 7.90. The molecule has 7 nitrogen and oxygen atoms in total. The van der Waals surface area contributed by atoms with Gasteiger partial charge in [0.2, 0.25) is 5.91 Å². The van der Waals surface area contributed by atoms with E-state index in [0.717, 1.165) is 11.1 Å². The minimum Gasteiger partial charge on any atom is -0.423 e. The normalized spacial score (nSPS) is 14.8. The number of hydrogen-bond donors (Lipinski definition) is 2. The summed E-state index contributed by atoms with van der Waals surface area (Å²) in [7, 11) is 0. The summed E-state index contributed by atoms with van der Waals surface area (Å²) in [5.74, 6) is -0.750. The molecule has 8 heteroatoms. The molecule has 0 spiro atoms. The van der Waals surface area contributed by atoms with Gasteiger partial charge in [0.1, 0.15) is 5.52 Å². The van der Waals surface area contributed by atoms with Crippen molar-refractivity contribution in [3.8, 4) is 0 Å². The van der Waals surface area contributed by atoms with Crippen molar-refractivity contribution in [2.45, 2.75) is 12.8 Å². The molecule has 1 aliphatic heterocycles. The first kappa shape index (κ1) is 18.3. The fourth-order valence-electron chi connectivity index (χ4n) is 3.22. The van der Waals surface area contributed by atoms with Crippen molar-refractivity contribution in [1.29, 1.82) is 0 Å². The fraction of sp³-hybridized carbons (Fsp3) is 0.250. The van der Waals surface area contributed by atoms with E-state index in [4.69, 9.17) is 16.0 Å². The number of hydrogen-bond acceptors (Lipinski definition) is 5. The Balaban J connectivity index is 1.29. The van der Waals surface area contributed by atoms with Gasteiger partial charge in [0.05, 0.1) is 0 Å². The lowest BCUT2D eigenvalue weighted by Gasteiger charge is -2.30. The van der Waals surface area contributed by atoms with E-state index in [2.05, 4.69) is 15.8 Å². The number of benzene rings is 2. The van der Waals surface area contributed by atoms with Crippen molar-refractivity contribution >= 4 is 40.5 Å². The van der Waals surface area contributed by atoms with Gasteiger partial charge in [-0.3, -0.25) is 20.4 Å². The predicted octanol–water partition coefficient (Wildman–Crippen LogP) is 3.16. The number of oxazole rings is 1. The Hall–Kier alpha value is -3.06. The lowest BCUT2D eigenvalue weighted by atomic mass is 9.96. The second-order valence-electron chi connectivity index (χ2n) is 6.68. The summed E-state index contributed by atoms with van der Waals surface area (Å²) < 4.78 is 5.79. The quantitative estimate of drug-likeness (QED) is 0.662. The molecule has 4 rings (SSSR count). The van der Waals surface area contributed by atoms with Crippen molar-refractivity contribution in [2.75, 3.05) is 18.0 Å². The van der Waals surface area contributed by atoms with Crippen molar-refractivity contribution in [3.05, 3.63) is 59.1 Å². The Kier molecular flexibility index (Phi) is 5.16. The first-order valence-electron chi connectivity index (χ1n) is 9.06. The first-order valence-corrected chi connectivity index (χ1v) is 9.44. The molecule has 144 valence electrons. The number of aromatic nitrogens is 1. The fourth-order valence-corrected chi connectivity index (χ4v) is 3.35. The van der Waals surface area contributed by atoms with Crippen molar-refractivity contribution in [3.63, 3.8) is 0 Å². The number of nitrogens with zero attached hydrogens (tertiary/aromatic N) is 2. The van der Waals surface area contributed by atoms with Gasteiger partial charge >= 0.3 is 0 Å². The number of para-hydroxylation sites is 2. The summed E-state index contributed by atoms with van der Waals surface area (Å²) in [6.45, 7) is 1.33. The molecular formula is C20H19ClN4O3. The molecule has 28 heavy (non-hydrogen) atoms. The molecule has 0 atom stereocenters. The van der Waals surface area contributed by atoms with E-state index in [-0.39, 0.29) is 17.7 Å². The number of nitrogens with one attached hydrogen (secondary N) is 2. The maximum Gasteiger partial charge on any atom is 0.298 e. The molecule has 2 heterocycles. The van der Waals surface area contributed by atoms with Crippen LogP contribution in [-0.4, -0.2) is 29.9 Å². The minimum absolute atomic E-state index is 0.175. The zero-order valence-electron chi connectivity index (χ0n) is 15.0. The van der Waals surface area contributed by atoms with Crippen molar-refractivity contribution < 1.29 is 14.0 Å². The molecule has 0 bridgehead atoms. The van der Waals surface area contributed by atoms with Crippen LogP contribution in [0.2, 0.25) is 5.02 Å². The Morgan fingerprint density at radius 1 is 1.04 bits per heavy atom. The third kappa shape index (κ3) is 3.94. The summed E-state index contributed by atoms with van der Waals surface area (Å²) in [5, 5.41) is 0.547. The van der Waals surface area contributed by atoms with Gasteiger partial charge in [0.25, 0.3) is 11.9 Å². The van der Waals surface area contributed by atoms with Gasteiger partial charge in [0, 0.05) is 29.6 Å². The van der Waals surface area contributed by atoms with Crippen LogP contribution in [0, 0.1) is 5.92 Å². The van der Waals surface area contributed by atoms with Gasteiger partial charge in [-0.05, 0) is 49.2 Å². The summed E-state index contributed by atoms with van der Waals surface area (Å²) in [6, 6.07) is 14.7. The number of carbonyl (C=O) groups is 2. The van der Waals surface area contributed by atoms with Crippen LogP contribution in [0.5, 0.6) is 0 Å². The zero-order chi connectivity index (χ0) is 19.5. The van der Waals surface area contributed by atoms with Crippen LogP contribution in [0.4, 0.5) is 6.01 Å². The lowest BCUT2D eigenvalue weighted by molar-refractivity contribution is -0.126. The van der Waals surface area contributed by atoms with Crippen LogP contribution < -0.4 is 15.8 Å². The SMILES string of the molecule is O=C(NNC(=O)C1CCN(c2nc3ccccc3o2)CC1)c1ccc(Cl)cc1. The number of fused-ring (bicyclic) bond motifs is 1. The van der Waals surface area contributed by atoms with Gasteiger partial charge in [-0.1, -0.05) is 23.7 Å². The van der Waals surface area contributed by atoms with Crippen LogP contribution in [-0.2, 0) is 4.79 Å². The molecule has 1 aromatic heterocycles. The summed E-state index contributed by atoms with van der Waals surface area (Å²) in [6.07, 6.45) is 1.31. The Labute approximate surface area is 166 Å². The number of halogens is 1. The molecule has 0 radical (unpaired) electrons. The van der Waals surface area contributed by atoms with E-state index in [0.29, 0.717) is 42.5 Å². The number of rotatable bonds is 3. The van der Waals surface area contributed by atoms with Gasteiger partial charge in [-0.25, -0.2) is 0 Å². The number of amides is 2. The predicted molar refractivity (Wildman–Crippen MR) is 106 cm³/mol. The van der Waals surface area contributed by atoms with E-state index in [9.17, 15) is 9.59 Å². The highest BCUT2D eigenvalue weighted by atomic mass is 35.5. The molecule has 1 aliphatic rings. The smallest absolute Gasteiger partial charge is 0.298 e. The zero-order valence-corrected chi connectivity index (χ0v) is 15.8. The number of anilines is 1. The highest BCUT2D eigenvalue weighted by Crippen LogP contribution is 2.26. The first-order chi connectivity index (χ1) is 13.6. The van der Waals surface area contributed by atoms with Crippen LogP contribution >= 0.6 is 11.6 Å². The highest BCUT2D eigenvalue weighted by molar-refractivity contribution is 6.30. The van der Waals surface area contributed by atoms with E-state index >= 15 is 0 Å². The second-order valence-corrected chi connectivity index (χ2v) is 7.11. The molecule has 0 saturated carbocycles. The molecular weight excluding hydrogens is 380 g/mol. The maximum absolute atomic E-state index is 12.4. The average Bonchev–Trinajstić information content (AvgIpc) is 3.16. The molecule has 1 fully saturated rings. The van der Waals surface area contributed by atoms with Crippen molar-refractivity contribution in [2.24, 2.45) is 5.92 Å². The molecule has 3 aromatic rings. The summed E-state index contributed by atoms with van der Waals surface area (Å²) in [4.78, 5) is 31.0. The van der Waals surface area contributed by atoms with E-state index in [1.54, 1.807) is 24.3 Å². The Bertz CT molecular complexity index is 961. The molecule has 0 aliphatic carbocycles. The van der Waals surface area contributed by atoms with Gasteiger partial charge in [-0.2, -0.15) is 4.98 Å². The van der Waals surface area contributed by atoms with Crippen LogP contribution in [0.1, 0.15) is 23.2 Å². The van der Waals surface area contributed by atoms with Gasteiger partial charge < -0.3 is 9.32 Å². The minimum atomic E-state index is -0.381. The molecule has 2 amide bonds. The molecule has 1 saturated heterocycles. The summed E-state index contributed by atoms with van der Waals surface area (Å²) >= 11 is 5.81. The molecule has 2 aromatic carbocycles. The van der Waals surface area contributed by atoms with E-state index in [1.165, 1.54) is 0 Å². The number of piperidine rings is 1. The standard InChI is InChI=1S/C20H19ClN4O3/c21-15-7-5-13(6-8-15)18(26)23-24-19(27)14-9-11-25(12-10-14)20-22-16-3-1-2-4-17(16)28-20/h1-8,14H,9-12H2,(H,23,26)(H,24,27). The van der Waals surface area contributed by atoms with Gasteiger partial charge in [0.15, 0.2) is 5.58 Å². The van der Waals surface area contributed by atoms with Crippen LogP contribution in [0.3, 0.4) is 0 Å². The third-order valence-electron chi connectivity index (χ3n) is 4.82. The van der Waals surface area contributed by atoms with Crippen LogP contribution in [0.25, 0.3) is 11.1 Å². The Morgan fingerprint density at radius 2 is 1.75 bits per heavy atom. The van der Waals surface area contributed by atoms with E-state index in [1.807, 2.05) is 29.2 Å². The highest BCUT2D eigenvalue weighted by Gasteiger charge is 2.27. The van der Waals surface area contributed by atoms with Crippen LogP contribution in [0.15, 0.2) is 52.9 Å². The third-order valence-corrected chi connectivity index (χ3v) is 5.08. The topological polar surface area (TPSA) is 87.5 Å². The monoisotopic (exact) mass is 398 g/mol. The average molecular weight is 399 g/mol. The number of hydrazine groups is 1. The maximum atomic E-state index is 12.4.